The fraction of sp³-hybridized carbons (Fsp3) is 0.586. The van der Waals surface area contributed by atoms with Crippen LogP contribution in [0.25, 0.3) is 11.4 Å². The number of aromatic nitrogens is 2. The van der Waals surface area contributed by atoms with Crippen LogP contribution in [0.3, 0.4) is 0 Å². The molecule has 0 amide bonds. The second-order valence-corrected chi connectivity index (χ2v) is 8.67. The van der Waals surface area contributed by atoms with Gasteiger partial charge in [-0.25, -0.2) is 9.97 Å². The van der Waals surface area contributed by atoms with E-state index in [1.807, 2.05) is 0 Å². The summed E-state index contributed by atoms with van der Waals surface area (Å²) < 4.78 is 11.3. The number of hydrogen-bond acceptors (Lipinski definition) is 4. The molecule has 0 N–H and O–H groups in total. The van der Waals surface area contributed by atoms with Gasteiger partial charge in [0.05, 0.1) is 19.0 Å². The lowest BCUT2D eigenvalue weighted by Crippen LogP contribution is -1.98. The normalized spacial score (nSPS) is 11.3. The van der Waals surface area contributed by atoms with Crippen LogP contribution in [0.1, 0.15) is 90.0 Å². The summed E-state index contributed by atoms with van der Waals surface area (Å²) in [6, 6.07) is 8.60. The van der Waals surface area contributed by atoms with E-state index in [0.717, 1.165) is 56.0 Å². The molecule has 4 nitrogen and oxygen atoms in total. The SMILES string of the molecule is CCCCCCCC=CCCOc1cnc(-c2ccc(CCCCCOCCC)cc2)nc1. The molecule has 4 heteroatoms. The zero-order valence-electron chi connectivity index (χ0n) is 20.9. The van der Waals surface area contributed by atoms with Crippen molar-refractivity contribution in [2.45, 2.75) is 90.9 Å². The standard InChI is InChI=1S/C29H44N2O2/c1-3-5-6-7-8-9-10-11-15-23-33-28-24-30-29(31-25-28)27-19-17-26(18-20-27)16-13-12-14-22-32-21-4-2/h10-11,17-20,24-25H,3-9,12-16,21-23H2,1-2H3. The van der Waals surface area contributed by atoms with Crippen molar-refractivity contribution in [1.29, 1.82) is 0 Å². The number of ether oxygens (including phenoxy) is 2. The van der Waals surface area contributed by atoms with Gasteiger partial charge in [-0.3, -0.25) is 0 Å². The summed E-state index contributed by atoms with van der Waals surface area (Å²) >= 11 is 0. The minimum atomic E-state index is 0.661. The number of unbranched alkanes of at least 4 members (excludes halogenated alkanes) is 7. The lowest BCUT2D eigenvalue weighted by Gasteiger charge is -2.06. The first-order valence-electron chi connectivity index (χ1n) is 13.1. The number of rotatable bonds is 19. The van der Waals surface area contributed by atoms with Crippen molar-refractivity contribution in [2.75, 3.05) is 19.8 Å². The second kappa shape index (κ2) is 18.3. The van der Waals surface area contributed by atoms with Gasteiger partial charge in [0.15, 0.2) is 11.6 Å². The molecule has 33 heavy (non-hydrogen) atoms. The van der Waals surface area contributed by atoms with Gasteiger partial charge in [-0.15, -0.1) is 0 Å². The van der Waals surface area contributed by atoms with Crippen LogP contribution < -0.4 is 4.74 Å². The largest absolute Gasteiger partial charge is 0.490 e. The molecule has 182 valence electrons. The van der Waals surface area contributed by atoms with Gasteiger partial charge in [0.2, 0.25) is 0 Å². The van der Waals surface area contributed by atoms with Crippen LogP contribution in [0.5, 0.6) is 5.75 Å². The van der Waals surface area contributed by atoms with Gasteiger partial charge in [-0.2, -0.15) is 0 Å². The Morgan fingerprint density at radius 2 is 1.42 bits per heavy atom. The second-order valence-electron chi connectivity index (χ2n) is 8.67. The molecule has 1 aromatic carbocycles. The first kappa shape index (κ1) is 27.0. The molecule has 0 spiro atoms. The molecule has 0 radical (unpaired) electrons. The maximum atomic E-state index is 5.78. The van der Waals surface area contributed by atoms with Gasteiger partial charge in [0, 0.05) is 18.8 Å². The summed E-state index contributed by atoms with van der Waals surface area (Å²) in [4.78, 5) is 8.97. The third-order valence-electron chi connectivity index (χ3n) is 5.64. The van der Waals surface area contributed by atoms with Crippen LogP contribution in [-0.2, 0) is 11.2 Å². The molecule has 0 aliphatic heterocycles. The first-order chi connectivity index (χ1) is 16.3. The van der Waals surface area contributed by atoms with Crippen molar-refractivity contribution in [1.82, 2.24) is 9.97 Å². The average Bonchev–Trinajstić information content (AvgIpc) is 2.85. The van der Waals surface area contributed by atoms with Crippen molar-refractivity contribution >= 4 is 0 Å². The van der Waals surface area contributed by atoms with Crippen LogP contribution in [0.15, 0.2) is 48.8 Å². The minimum Gasteiger partial charge on any atom is -0.490 e. The lowest BCUT2D eigenvalue weighted by molar-refractivity contribution is 0.130. The number of aryl methyl sites for hydroxylation is 1. The summed E-state index contributed by atoms with van der Waals surface area (Å²) in [5, 5.41) is 0. The van der Waals surface area contributed by atoms with Crippen molar-refractivity contribution < 1.29 is 9.47 Å². The van der Waals surface area contributed by atoms with Gasteiger partial charge >= 0.3 is 0 Å². The molecule has 0 unspecified atom stereocenters. The van der Waals surface area contributed by atoms with E-state index in [2.05, 4.69) is 60.2 Å². The van der Waals surface area contributed by atoms with Crippen LogP contribution in [0.4, 0.5) is 0 Å². The van der Waals surface area contributed by atoms with E-state index >= 15 is 0 Å². The molecular weight excluding hydrogens is 408 g/mol. The van der Waals surface area contributed by atoms with Crippen molar-refractivity contribution in [3.63, 3.8) is 0 Å². The van der Waals surface area contributed by atoms with Gasteiger partial charge in [0.25, 0.3) is 0 Å². The number of allylic oxidation sites excluding steroid dienone is 1. The molecule has 0 saturated heterocycles. The van der Waals surface area contributed by atoms with Crippen molar-refractivity contribution in [2.24, 2.45) is 0 Å². The fourth-order valence-electron chi connectivity index (χ4n) is 3.66. The molecule has 2 aromatic rings. The van der Waals surface area contributed by atoms with Gasteiger partial charge < -0.3 is 9.47 Å². The summed E-state index contributed by atoms with van der Waals surface area (Å²) in [6.45, 7) is 6.83. The Kier molecular flexibility index (Phi) is 15.0. The van der Waals surface area contributed by atoms with Crippen molar-refractivity contribution in [3.05, 3.63) is 54.4 Å². The monoisotopic (exact) mass is 452 g/mol. The Balaban J connectivity index is 1.61. The van der Waals surface area contributed by atoms with E-state index in [4.69, 9.17) is 9.47 Å². The van der Waals surface area contributed by atoms with Gasteiger partial charge in [-0.05, 0) is 50.5 Å². The quantitative estimate of drug-likeness (QED) is 0.160. The molecule has 0 atom stereocenters. The molecule has 1 heterocycles. The van der Waals surface area contributed by atoms with Crippen LogP contribution in [0, 0.1) is 0 Å². The predicted octanol–water partition coefficient (Wildman–Crippen LogP) is 7.97. The molecule has 0 fully saturated rings. The highest BCUT2D eigenvalue weighted by Gasteiger charge is 2.03. The van der Waals surface area contributed by atoms with E-state index in [1.54, 1.807) is 12.4 Å². The van der Waals surface area contributed by atoms with Gasteiger partial charge in [0.1, 0.15) is 0 Å². The maximum absolute atomic E-state index is 5.78. The summed E-state index contributed by atoms with van der Waals surface area (Å²) in [5.74, 6) is 1.47. The Morgan fingerprint density at radius 3 is 2.18 bits per heavy atom. The minimum absolute atomic E-state index is 0.661. The fourth-order valence-corrected chi connectivity index (χ4v) is 3.66. The van der Waals surface area contributed by atoms with Crippen molar-refractivity contribution in [3.8, 4) is 17.1 Å². The molecule has 2 rings (SSSR count). The highest BCUT2D eigenvalue weighted by atomic mass is 16.5. The highest BCUT2D eigenvalue weighted by molar-refractivity contribution is 5.55. The Labute approximate surface area is 201 Å². The summed E-state index contributed by atoms with van der Waals surface area (Å²) in [5.41, 5.74) is 2.40. The Hall–Kier alpha value is -2.20. The van der Waals surface area contributed by atoms with E-state index < -0.39 is 0 Å². The number of benzene rings is 1. The summed E-state index contributed by atoms with van der Waals surface area (Å²) in [6.07, 6.45) is 22.6. The molecular formula is C29H44N2O2. The maximum Gasteiger partial charge on any atom is 0.159 e. The Morgan fingerprint density at radius 1 is 0.697 bits per heavy atom. The highest BCUT2D eigenvalue weighted by Crippen LogP contribution is 2.18. The van der Waals surface area contributed by atoms with Crippen LogP contribution in [0.2, 0.25) is 0 Å². The first-order valence-corrected chi connectivity index (χ1v) is 13.1. The number of nitrogens with zero attached hydrogens (tertiary/aromatic N) is 2. The van der Waals surface area contributed by atoms with Crippen LogP contribution in [-0.4, -0.2) is 29.8 Å². The zero-order valence-corrected chi connectivity index (χ0v) is 20.9. The number of hydrogen-bond donors (Lipinski definition) is 0. The molecule has 1 aromatic heterocycles. The Bertz CT molecular complexity index is 741. The molecule has 0 saturated carbocycles. The van der Waals surface area contributed by atoms with E-state index in [1.165, 1.54) is 56.9 Å². The predicted molar refractivity (Wildman–Crippen MR) is 139 cm³/mol. The van der Waals surface area contributed by atoms with E-state index in [9.17, 15) is 0 Å². The van der Waals surface area contributed by atoms with E-state index in [0.29, 0.717) is 6.61 Å². The topological polar surface area (TPSA) is 44.2 Å². The third-order valence-corrected chi connectivity index (χ3v) is 5.64. The molecule has 0 aliphatic rings. The molecule has 0 bridgehead atoms. The average molecular weight is 453 g/mol. The third kappa shape index (κ3) is 12.6. The zero-order chi connectivity index (χ0) is 23.4. The van der Waals surface area contributed by atoms with Crippen LogP contribution >= 0.6 is 0 Å². The molecule has 0 aliphatic carbocycles. The van der Waals surface area contributed by atoms with Gasteiger partial charge in [-0.1, -0.05) is 82.4 Å². The van der Waals surface area contributed by atoms with E-state index in [-0.39, 0.29) is 0 Å². The smallest absolute Gasteiger partial charge is 0.159 e. The summed E-state index contributed by atoms with van der Waals surface area (Å²) in [7, 11) is 0. The lowest BCUT2D eigenvalue weighted by atomic mass is 10.0.